The van der Waals surface area contributed by atoms with Crippen LogP contribution >= 0.6 is 0 Å². The summed E-state index contributed by atoms with van der Waals surface area (Å²) in [5.41, 5.74) is 3.64. The van der Waals surface area contributed by atoms with E-state index in [1.807, 2.05) is 24.1 Å². The topological polar surface area (TPSA) is 36.4 Å². The molecule has 0 bridgehead atoms. The van der Waals surface area contributed by atoms with Gasteiger partial charge in [0.1, 0.15) is 0 Å². The van der Waals surface area contributed by atoms with E-state index in [0.717, 1.165) is 26.1 Å². The quantitative estimate of drug-likeness (QED) is 0.747. The summed E-state index contributed by atoms with van der Waals surface area (Å²) >= 11 is 0. The van der Waals surface area contributed by atoms with E-state index in [0.29, 0.717) is 6.42 Å². The van der Waals surface area contributed by atoms with E-state index >= 15 is 0 Å². The summed E-state index contributed by atoms with van der Waals surface area (Å²) in [6, 6.07) is 12.4. The number of carbonyl (C=O) groups is 1. The summed E-state index contributed by atoms with van der Waals surface area (Å²) in [6.45, 7) is 6.60. The van der Waals surface area contributed by atoms with Crippen LogP contribution in [0.5, 0.6) is 0 Å². The predicted octanol–water partition coefficient (Wildman–Crippen LogP) is 3.31. The Bertz CT molecular complexity index is 642. The van der Waals surface area contributed by atoms with Crippen LogP contribution in [-0.2, 0) is 11.2 Å². The number of aryl methyl sites for hydroxylation is 1. The van der Waals surface area contributed by atoms with Crippen LogP contribution in [0.1, 0.15) is 24.5 Å². The van der Waals surface area contributed by atoms with E-state index in [1.165, 1.54) is 16.8 Å². The average molecular weight is 325 g/mol. The van der Waals surface area contributed by atoms with Crippen LogP contribution in [-0.4, -0.2) is 42.5 Å². The molecule has 1 aromatic carbocycles. The van der Waals surface area contributed by atoms with Gasteiger partial charge in [-0.2, -0.15) is 0 Å². The third kappa shape index (κ3) is 5.37. The molecular formula is C20H27N3O. The first-order valence-corrected chi connectivity index (χ1v) is 8.54. The van der Waals surface area contributed by atoms with Crippen molar-refractivity contribution in [2.75, 3.05) is 31.6 Å². The molecule has 0 aliphatic heterocycles. The Labute approximate surface area is 145 Å². The second-order valence-corrected chi connectivity index (χ2v) is 6.09. The van der Waals surface area contributed by atoms with Crippen molar-refractivity contribution in [1.29, 1.82) is 0 Å². The molecule has 1 aromatic heterocycles. The van der Waals surface area contributed by atoms with Gasteiger partial charge in [0.05, 0.1) is 0 Å². The van der Waals surface area contributed by atoms with E-state index in [4.69, 9.17) is 0 Å². The zero-order valence-corrected chi connectivity index (χ0v) is 14.9. The molecule has 2 aromatic rings. The van der Waals surface area contributed by atoms with Crippen molar-refractivity contribution in [1.82, 2.24) is 9.88 Å². The first kappa shape index (κ1) is 18.0. The highest BCUT2D eigenvalue weighted by atomic mass is 16.2. The van der Waals surface area contributed by atoms with Gasteiger partial charge in [0.15, 0.2) is 0 Å². The zero-order valence-electron chi connectivity index (χ0n) is 14.9. The molecule has 0 radical (unpaired) electrons. The minimum Gasteiger partial charge on any atom is -0.371 e. The average Bonchev–Trinajstić information content (AvgIpc) is 2.61. The third-order valence-electron chi connectivity index (χ3n) is 4.26. The second-order valence-electron chi connectivity index (χ2n) is 6.09. The fraction of sp³-hybridized carbons (Fsp3) is 0.400. The number of anilines is 1. The zero-order chi connectivity index (χ0) is 17.4. The SMILES string of the molecule is CCN(CCC(=O)N(C)CCc1ccncc1)c1cccc(C)c1. The largest absolute Gasteiger partial charge is 0.371 e. The van der Waals surface area contributed by atoms with Gasteiger partial charge in [-0.15, -0.1) is 0 Å². The van der Waals surface area contributed by atoms with E-state index < -0.39 is 0 Å². The predicted molar refractivity (Wildman–Crippen MR) is 99.3 cm³/mol. The van der Waals surface area contributed by atoms with Gasteiger partial charge < -0.3 is 9.80 Å². The molecule has 0 saturated carbocycles. The maximum Gasteiger partial charge on any atom is 0.224 e. The van der Waals surface area contributed by atoms with Gasteiger partial charge in [0.2, 0.25) is 5.91 Å². The van der Waals surface area contributed by atoms with Gasteiger partial charge in [0.25, 0.3) is 0 Å². The highest BCUT2D eigenvalue weighted by molar-refractivity contribution is 5.76. The number of carbonyl (C=O) groups excluding carboxylic acids is 1. The van der Waals surface area contributed by atoms with E-state index in [-0.39, 0.29) is 5.91 Å². The molecule has 0 aliphatic rings. The summed E-state index contributed by atoms with van der Waals surface area (Å²) in [4.78, 5) is 20.5. The van der Waals surface area contributed by atoms with Crippen molar-refractivity contribution in [2.24, 2.45) is 0 Å². The Morgan fingerprint density at radius 1 is 1.12 bits per heavy atom. The van der Waals surface area contributed by atoms with Gasteiger partial charge in [-0.1, -0.05) is 12.1 Å². The molecule has 24 heavy (non-hydrogen) atoms. The molecule has 1 heterocycles. The number of pyridine rings is 1. The van der Waals surface area contributed by atoms with Crippen molar-refractivity contribution >= 4 is 11.6 Å². The standard InChI is InChI=1S/C20H27N3O/c1-4-23(19-7-5-6-17(2)16-19)15-11-20(24)22(3)14-10-18-8-12-21-13-9-18/h5-9,12-13,16H,4,10-11,14-15H2,1-3H3. The number of likely N-dealkylation sites (N-methyl/N-ethyl adjacent to an activating group) is 1. The summed E-state index contributed by atoms with van der Waals surface area (Å²) in [5.74, 6) is 0.190. The molecule has 2 rings (SSSR count). The molecule has 4 nitrogen and oxygen atoms in total. The summed E-state index contributed by atoms with van der Waals surface area (Å²) in [7, 11) is 1.88. The van der Waals surface area contributed by atoms with Crippen LogP contribution in [0, 0.1) is 6.92 Å². The minimum atomic E-state index is 0.190. The maximum absolute atomic E-state index is 12.4. The Morgan fingerprint density at radius 2 is 1.88 bits per heavy atom. The van der Waals surface area contributed by atoms with E-state index in [9.17, 15) is 4.79 Å². The van der Waals surface area contributed by atoms with Gasteiger partial charge in [-0.25, -0.2) is 0 Å². The number of benzene rings is 1. The van der Waals surface area contributed by atoms with Crippen molar-refractivity contribution in [3.05, 3.63) is 59.9 Å². The van der Waals surface area contributed by atoms with Gasteiger partial charge in [-0.05, 0) is 55.7 Å². The molecule has 0 fully saturated rings. The molecular weight excluding hydrogens is 298 g/mol. The number of hydrogen-bond acceptors (Lipinski definition) is 3. The molecule has 0 saturated heterocycles. The number of amides is 1. The monoisotopic (exact) mass is 325 g/mol. The Hall–Kier alpha value is -2.36. The first-order valence-electron chi connectivity index (χ1n) is 8.54. The van der Waals surface area contributed by atoms with Crippen LogP contribution in [0.2, 0.25) is 0 Å². The van der Waals surface area contributed by atoms with Crippen molar-refractivity contribution in [3.8, 4) is 0 Å². The normalized spacial score (nSPS) is 10.5. The first-order chi connectivity index (χ1) is 11.6. The lowest BCUT2D eigenvalue weighted by Crippen LogP contribution is -2.33. The van der Waals surface area contributed by atoms with Crippen LogP contribution in [0.3, 0.4) is 0 Å². The third-order valence-corrected chi connectivity index (χ3v) is 4.26. The molecule has 0 atom stereocenters. The van der Waals surface area contributed by atoms with Crippen LogP contribution in [0.15, 0.2) is 48.8 Å². The minimum absolute atomic E-state index is 0.190. The Kier molecular flexibility index (Phi) is 6.79. The number of aromatic nitrogens is 1. The number of hydrogen-bond donors (Lipinski definition) is 0. The number of rotatable bonds is 8. The van der Waals surface area contributed by atoms with Crippen LogP contribution in [0.4, 0.5) is 5.69 Å². The lowest BCUT2D eigenvalue weighted by atomic mass is 10.2. The van der Waals surface area contributed by atoms with E-state index in [2.05, 4.69) is 48.0 Å². The van der Waals surface area contributed by atoms with Crippen molar-refractivity contribution in [2.45, 2.75) is 26.7 Å². The molecule has 128 valence electrons. The smallest absolute Gasteiger partial charge is 0.224 e. The lowest BCUT2D eigenvalue weighted by Gasteiger charge is -2.25. The van der Waals surface area contributed by atoms with Crippen molar-refractivity contribution in [3.63, 3.8) is 0 Å². The summed E-state index contributed by atoms with van der Waals surface area (Å²) in [5, 5.41) is 0. The Morgan fingerprint density at radius 3 is 2.54 bits per heavy atom. The van der Waals surface area contributed by atoms with Gasteiger partial charge in [0, 0.05) is 51.2 Å². The molecule has 0 spiro atoms. The fourth-order valence-electron chi connectivity index (χ4n) is 2.69. The molecule has 0 N–H and O–H groups in total. The van der Waals surface area contributed by atoms with Crippen LogP contribution in [0.25, 0.3) is 0 Å². The second kappa shape index (κ2) is 9.06. The number of nitrogens with zero attached hydrogens (tertiary/aromatic N) is 3. The highest BCUT2D eigenvalue weighted by Crippen LogP contribution is 2.16. The lowest BCUT2D eigenvalue weighted by molar-refractivity contribution is -0.129. The fourth-order valence-corrected chi connectivity index (χ4v) is 2.69. The molecule has 4 heteroatoms. The summed E-state index contributed by atoms with van der Waals surface area (Å²) in [6.07, 6.45) is 4.98. The summed E-state index contributed by atoms with van der Waals surface area (Å²) < 4.78 is 0. The van der Waals surface area contributed by atoms with E-state index in [1.54, 1.807) is 12.4 Å². The molecule has 0 unspecified atom stereocenters. The van der Waals surface area contributed by atoms with Gasteiger partial charge in [-0.3, -0.25) is 9.78 Å². The van der Waals surface area contributed by atoms with Gasteiger partial charge >= 0.3 is 0 Å². The van der Waals surface area contributed by atoms with Crippen molar-refractivity contribution < 1.29 is 4.79 Å². The van der Waals surface area contributed by atoms with Crippen LogP contribution < -0.4 is 4.90 Å². The highest BCUT2D eigenvalue weighted by Gasteiger charge is 2.12. The maximum atomic E-state index is 12.4. The molecule has 1 amide bonds. The Balaban J connectivity index is 1.82. The molecule has 0 aliphatic carbocycles.